The molecule has 1 saturated heterocycles. The monoisotopic (exact) mass is 282 g/mol. The summed E-state index contributed by atoms with van der Waals surface area (Å²) in [6, 6.07) is 0.197. The number of rotatable bonds is 5. The van der Waals surface area contributed by atoms with Gasteiger partial charge in [-0.1, -0.05) is 6.92 Å². The van der Waals surface area contributed by atoms with Crippen LogP contribution in [0.5, 0.6) is 0 Å². The van der Waals surface area contributed by atoms with Gasteiger partial charge in [-0.15, -0.1) is 0 Å². The summed E-state index contributed by atoms with van der Waals surface area (Å²) in [6.07, 6.45) is 2.90. The van der Waals surface area contributed by atoms with Crippen molar-refractivity contribution in [2.24, 2.45) is 10.9 Å². The third kappa shape index (κ3) is 6.26. The van der Waals surface area contributed by atoms with Gasteiger partial charge in [-0.25, -0.2) is 0 Å². The van der Waals surface area contributed by atoms with Crippen LogP contribution in [-0.2, 0) is 4.79 Å². The van der Waals surface area contributed by atoms with E-state index in [1.165, 1.54) is 12.8 Å². The van der Waals surface area contributed by atoms with Crippen molar-refractivity contribution < 1.29 is 4.79 Å². The maximum atomic E-state index is 11.6. The van der Waals surface area contributed by atoms with Gasteiger partial charge in [0.05, 0.1) is 6.54 Å². The van der Waals surface area contributed by atoms with Crippen LogP contribution in [0.2, 0.25) is 0 Å². The quantitative estimate of drug-likeness (QED) is 0.595. The molecule has 0 radical (unpaired) electrons. The largest absolute Gasteiger partial charge is 0.357 e. The van der Waals surface area contributed by atoms with E-state index in [1.807, 2.05) is 13.8 Å². The molecule has 1 aliphatic heterocycles. The highest BCUT2D eigenvalue weighted by atomic mass is 16.1. The van der Waals surface area contributed by atoms with Gasteiger partial charge >= 0.3 is 0 Å². The Morgan fingerprint density at radius 2 is 2.00 bits per heavy atom. The normalized spacial score (nSPS) is 17.4. The van der Waals surface area contributed by atoms with Gasteiger partial charge in [-0.05, 0) is 39.5 Å². The summed E-state index contributed by atoms with van der Waals surface area (Å²) in [5.41, 5.74) is 0. The molecule has 0 bridgehead atoms. The fourth-order valence-corrected chi connectivity index (χ4v) is 2.30. The number of hydrogen-bond acceptors (Lipinski definition) is 2. The molecular weight excluding hydrogens is 252 g/mol. The zero-order chi connectivity index (χ0) is 15.0. The molecule has 5 heteroatoms. The molecule has 1 fully saturated rings. The summed E-state index contributed by atoms with van der Waals surface area (Å²) in [4.78, 5) is 18.5. The maximum absolute atomic E-state index is 11.6. The van der Waals surface area contributed by atoms with Crippen LogP contribution >= 0.6 is 0 Å². The number of nitrogens with zero attached hydrogens (tertiary/aromatic N) is 2. The summed E-state index contributed by atoms with van der Waals surface area (Å²) in [5, 5.41) is 6.22. The summed E-state index contributed by atoms with van der Waals surface area (Å²) >= 11 is 0. The van der Waals surface area contributed by atoms with E-state index in [0.29, 0.717) is 13.0 Å². The summed E-state index contributed by atoms with van der Waals surface area (Å²) in [6.45, 7) is 11.9. The minimum Gasteiger partial charge on any atom is -0.357 e. The van der Waals surface area contributed by atoms with Crippen LogP contribution in [0, 0.1) is 5.92 Å². The molecule has 0 aliphatic carbocycles. The highest BCUT2D eigenvalue weighted by molar-refractivity contribution is 5.81. The Balaban J connectivity index is 2.44. The molecule has 0 aromatic rings. The van der Waals surface area contributed by atoms with Crippen LogP contribution in [0.15, 0.2) is 4.99 Å². The first-order valence-electron chi connectivity index (χ1n) is 7.85. The lowest BCUT2D eigenvalue weighted by molar-refractivity contribution is -0.121. The number of guanidine groups is 1. The van der Waals surface area contributed by atoms with Gasteiger partial charge in [-0.3, -0.25) is 9.79 Å². The first-order chi connectivity index (χ1) is 9.52. The van der Waals surface area contributed by atoms with Crippen molar-refractivity contribution in [2.45, 2.75) is 53.0 Å². The number of aliphatic imine (C=N–C) groups is 1. The minimum absolute atomic E-state index is 0.0758. The zero-order valence-electron chi connectivity index (χ0n) is 13.4. The Morgan fingerprint density at radius 1 is 1.35 bits per heavy atom. The van der Waals surface area contributed by atoms with Gasteiger partial charge in [0.25, 0.3) is 0 Å². The van der Waals surface area contributed by atoms with Crippen LogP contribution in [0.3, 0.4) is 0 Å². The van der Waals surface area contributed by atoms with E-state index in [9.17, 15) is 4.79 Å². The lowest BCUT2D eigenvalue weighted by Gasteiger charge is -2.33. The summed E-state index contributed by atoms with van der Waals surface area (Å²) < 4.78 is 0. The number of amides is 1. The molecule has 20 heavy (non-hydrogen) atoms. The van der Waals surface area contributed by atoms with Crippen molar-refractivity contribution in [3.05, 3.63) is 0 Å². The third-order valence-corrected chi connectivity index (χ3v) is 3.47. The number of carbonyl (C=O) groups is 1. The lowest BCUT2D eigenvalue weighted by Crippen LogP contribution is -2.45. The standard InChI is InChI=1S/C15H30N4O/c1-5-16-15(19-10-7-13(4)8-11-19)17-9-6-14(20)18-12(2)3/h12-13H,5-11H2,1-4H3,(H,16,17)(H,18,20). The van der Waals surface area contributed by atoms with Crippen LogP contribution in [0.4, 0.5) is 0 Å². The fourth-order valence-electron chi connectivity index (χ4n) is 2.30. The van der Waals surface area contributed by atoms with Crippen molar-refractivity contribution >= 4 is 11.9 Å². The molecule has 0 aromatic carbocycles. The second-order valence-corrected chi connectivity index (χ2v) is 5.88. The van der Waals surface area contributed by atoms with Crippen molar-refractivity contribution in [1.29, 1.82) is 0 Å². The van der Waals surface area contributed by atoms with Gasteiger partial charge in [0.15, 0.2) is 5.96 Å². The predicted molar refractivity (Wildman–Crippen MR) is 83.8 cm³/mol. The third-order valence-electron chi connectivity index (χ3n) is 3.47. The summed E-state index contributed by atoms with van der Waals surface area (Å²) in [5.74, 6) is 1.84. The molecule has 1 heterocycles. The molecular formula is C15H30N4O. The van der Waals surface area contributed by atoms with Crippen LogP contribution in [0.1, 0.15) is 47.0 Å². The second-order valence-electron chi connectivity index (χ2n) is 5.88. The Kier molecular flexibility index (Phi) is 7.41. The van der Waals surface area contributed by atoms with E-state index >= 15 is 0 Å². The van der Waals surface area contributed by atoms with E-state index in [1.54, 1.807) is 0 Å². The number of hydrogen-bond donors (Lipinski definition) is 2. The van der Waals surface area contributed by atoms with E-state index < -0.39 is 0 Å². The SMILES string of the molecule is CCNC(=NCCC(=O)NC(C)C)N1CCC(C)CC1. The highest BCUT2D eigenvalue weighted by Gasteiger charge is 2.18. The number of likely N-dealkylation sites (tertiary alicyclic amines) is 1. The number of nitrogens with one attached hydrogen (secondary N) is 2. The average Bonchev–Trinajstić information content (AvgIpc) is 2.38. The molecule has 116 valence electrons. The molecule has 2 N–H and O–H groups in total. The van der Waals surface area contributed by atoms with Crippen LogP contribution in [0.25, 0.3) is 0 Å². The first kappa shape index (κ1) is 16.8. The van der Waals surface area contributed by atoms with E-state index in [-0.39, 0.29) is 11.9 Å². The van der Waals surface area contributed by atoms with Gasteiger partial charge in [0.1, 0.15) is 0 Å². The average molecular weight is 282 g/mol. The molecule has 0 aromatic heterocycles. The van der Waals surface area contributed by atoms with Crippen molar-refractivity contribution in [3.63, 3.8) is 0 Å². The molecule has 5 nitrogen and oxygen atoms in total. The molecule has 0 spiro atoms. The van der Waals surface area contributed by atoms with Crippen molar-refractivity contribution in [3.8, 4) is 0 Å². The second kappa shape index (κ2) is 8.82. The fraction of sp³-hybridized carbons (Fsp3) is 0.867. The van der Waals surface area contributed by atoms with E-state index in [0.717, 1.165) is 31.5 Å². The Morgan fingerprint density at radius 3 is 2.55 bits per heavy atom. The van der Waals surface area contributed by atoms with Gasteiger partial charge < -0.3 is 15.5 Å². The zero-order valence-corrected chi connectivity index (χ0v) is 13.4. The lowest BCUT2D eigenvalue weighted by atomic mass is 10.00. The molecule has 1 amide bonds. The molecule has 0 unspecified atom stereocenters. The van der Waals surface area contributed by atoms with Crippen molar-refractivity contribution in [1.82, 2.24) is 15.5 Å². The Bertz CT molecular complexity index is 320. The highest BCUT2D eigenvalue weighted by Crippen LogP contribution is 2.15. The van der Waals surface area contributed by atoms with Crippen LogP contribution < -0.4 is 10.6 Å². The maximum Gasteiger partial charge on any atom is 0.222 e. The van der Waals surface area contributed by atoms with Gasteiger partial charge in [0.2, 0.25) is 5.91 Å². The van der Waals surface area contributed by atoms with Crippen molar-refractivity contribution in [2.75, 3.05) is 26.2 Å². The van der Waals surface area contributed by atoms with Crippen LogP contribution in [-0.4, -0.2) is 49.0 Å². The molecule has 1 aliphatic rings. The molecule has 1 rings (SSSR count). The number of carbonyl (C=O) groups excluding carboxylic acids is 1. The summed E-state index contributed by atoms with van der Waals surface area (Å²) in [7, 11) is 0. The predicted octanol–water partition coefficient (Wildman–Crippen LogP) is 1.60. The molecule has 0 saturated carbocycles. The smallest absolute Gasteiger partial charge is 0.222 e. The van der Waals surface area contributed by atoms with E-state index in [4.69, 9.17) is 0 Å². The Hall–Kier alpha value is -1.26. The Labute approximate surface area is 123 Å². The minimum atomic E-state index is 0.0758. The first-order valence-corrected chi connectivity index (χ1v) is 7.85. The molecule has 0 atom stereocenters. The van der Waals surface area contributed by atoms with Gasteiger partial charge in [0, 0.05) is 32.1 Å². The van der Waals surface area contributed by atoms with Gasteiger partial charge in [-0.2, -0.15) is 0 Å². The topological polar surface area (TPSA) is 56.7 Å². The van der Waals surface area contributed by atoms with E-state index in [2.05, 4.69) is 34.4 Å². The number of piperidine rings is 1.